The molecule has 16 heavy (non-hydrogen) atoms. The molecule has 0 spiro atoms. The molecule has 0 unspecified atom stereocenters. The predicted molar refractivity (Wildman–Crippen MR) is 59.6 cm³/mol. The zero-order valence-corrected chi connectivity index (χ0v) is 8.77. The van der Waals surface area contributed by atoms with Gasteiger partial charge in [-0.3, -0.25) is 10.1 Å². The lowest BCUT2D eigenvalue weighted by Crippen LogP contribution is -2.08. The van der Waals surface area contributed by atoms with Crippen LogP contribution in [0.25, 0.3) is 0 Å². The van der Waals surface area contributed by atoms with Crippen molar-refractivity contribution < 1.29 is 14.8 Å². The van der Waals surface area contributed by atoms with Crippen LogP contribution in [0.2, 0.25) is 0 Å². The predicted octanol–water partition coefficient (Wildman–Crippen LogP) is 0.590. The smallest absolute Gasteiger partial charge is 0.294 e. The van der Waals surface area contributed by atoms with E-state index in [9.17, 15) is 10.1 Å². The number of ether oxygens (including phenoxy) is 1. The molecule has 0 aromatic heterocycles. The molecule has 0 aliphatic carbocycles. The van der Waals surface area contributed by atoms with E-state index < -0.39 is 4.92 Å². The van der Waals surface area contributed by atoms with Gasteiger partial charge in [0.1, 0.15) is 11.4 Å². The molecule has 0 bridgehead atoms. The Labute approximate surface area is 92.0 Å². The zero-order valence-electron chi connectivity index (χ0n) is 8.77. The highest BCUT2D eigenvalue weighted by atomic mass is 16.6. The first-order valence-electron chi connectivity index (χ1n) is 4.56. The number of nitrogen functional groups attached to an aromatic ring is 1. The number of nitro benzene ring substituents is 1. The van der Waals surface area contributed by atoms with Crippen molar-refractivity contribution in [2.45, 2.75) is 0 Å². The number of hydrogen-bond acceptors (Lipinski definition) is 6. The van der Waals surface area contributed by atoms with Crippen molar-refractivity contribution in [3.8, 4) is 5.75 Å². The van der Waals surface area contributed by atoms with E-state index >= 15 is 0 Å². The summed E-state index contributed by atoms with van der Waals surface area (Å²) >= 11 is 0. The van der Waals surface area contributed by atoms with Crippen molar-refractivity contribution in [1.82, 2.24) is 0 Å². The first-order valence-corrected chi connectivity index (χ1v) is 4.56. The summed E-state index contributed by atoms with van der Waals surface area (Å²) < 4.78 is 5.01. The minimum Gasteiger partial charge on any atom is -0.495 e. The summed E-state index contributed by atoms with van der Waals surface area (Å²) in [4.78, 5) is 10.1. The Morgan fingerprint density at radius 3 is 2.81 bits per heavy atom. The summed E-state index contributed by atoms with van der Waals surface area (Å²) in [5, 5.41) is 22.1. The fourth-order valence-corrected chi connectivity index (χ4v) is 1.24. The van der Waals surface area contributed by atoms with Crippen LogP contribution >= 0.6 is 0 Å². The Morgan fingerprint density at radius 1 is 1.62 bits per heavy atom. The second-order valence-corrected chi connectivity index (χ2v) is 3.02. The lowest BCUT2D eigenvalue weighted by molar-refractivity contribution is -0.383. The Morgan fingerprint density at radius 2 is 2.31 bits per heavy atom. The maximum atomic E-state index is 10.7. The van der Waals surface area contributed by atoms with Crippen molar-refractivity contribution in [2.75, 3.05) is 31.3 Å². The van der Waals surface area contributed by atoms with Gasteiger partial charge in [0.2, 0.25) is 0 Å². The number of rotatable bonds is 5. The number of aliphatic hydroxyl groups excluding tert-OH is 1. The maximum absolute atomic E-state index is 10.7. The van der Waals surface area contributed by atoms with E-state index in [4.69, 9.17) is 15.6 Å². The third kappa shape index (κ3) is 2.51. The number of nitrogens with two attached hydrogens (primary N) is 1. The second kappa shape index (κ2) is 5.17. The number of nitrogens with zero attached hydrogens (tertiary/aromatic N) is 1. The van der Waals surface area contributed by atoms with Crippen molar-refractivity contribution in [2.24, 2.45) is 0 Å². The van der Waals surface area contributed by atoms with Crippen LogP contribution in [-0.2, 0) is 0 Å². The fraction of sp³-hybridized carbons (Fsp3) is 0.333. The van der Waals surface area contributed by atoms with Gasteiger partial charge in [0.25, 0.3) is 5.69 Å². The number of nitrogens with one attached hydrogen (secondary N) is 1. The van der Waals surface area contributed by atoms with E-state index in [2.05, 4.69) is 5.32 Å². The third-order valence-electron chi connectivity index (χ3n) is 1.97. The molecular weight excluding hydrogens is 214 g/mol. The van der Waals surface area contributed by atoms with Gasteiger partial charge in [0, 0.05) is 18.7 Å². The van der Waals surface area contributed by atoms with Gasteiger partial charge in [-0.05, 0) is 0 Å². The number of methoxy groups -OCH3 is 1. The van der Waals surface area contributed by atoms with Crippen LogP contribution in [-0.4, -0.2) is 30.3 Å². The first-order chi connectivity index (χ1) is 7.60. The quantitative estimate of drug-likeness (QED) is 0.385. The van der Waals surface area contributed by atoms with Crippen LogP contribution in [0, 0.1) is 10.1 Å². The van der Waals surface area contributed by atoms with Crippen LogP contribution in [0.4, 0.5) is 17.1 Å². The number of hydrogen-bond donors (Lipinski definition) is 3. The highest BCUT2D eigenvalue weighted by Crippen LogP contribution is 2.34. The standard InChI is InChI=1S/C9H13N3O4/c1-16-9-4-6(10)8(12(14)15)5-7(9)11-2-3-13/h4-5,11,13H,2-3,10H2,1H3. The molecule has 0 aliphatic rings. The van der Waals surface area contributed by atoms with E-state index in [1.54, 1.807) is 0 Å². The molecule has 7 nitrogen and oxygen atoms in total. The van der Waals surface area contributed by atoms with Crippen molar-refractivity contribution in [1.29, 1.82) is 0 Å². The van der Waals surface area contributed by atoms with E-state index in [1.807, 2.05) is 0 Å². The summed E-state index contributed by atoms with van der Waals surface area (Å²) in [5.41, 5.74) is 5.77. The molecule has 0 amide bonds. The minimum atomic E-state index is -0.571. The first kappa shape index (κ1) is 12.1. The van der Waals surface area contributed by atoms with Gasteiger partial charge in [-0.1, -0.05) is 0 Å². The normalized spacial score (nSPS) is 9.88. The van der Waals surface area contributed by atoms with Crippen LogP contribution in [0.15, 0.2) is 12.1 Å². The summed E-state index contributed by atoms with van der Waals surface area (Å²) in [6, 6.07) is 2.65. The molecule has 1 aromatic rings. The van der Waals surface area contributed by atoms with E-state index in [1.165, 1.54) is 19.2 Å². The Bertz CT molecular complexity index is 395. The molecule has 88 valence electrons. The molecular formula is C9H13N3O4. The SMILES string of the molecule is COc1cc(N)c([N+](=O)[O-])cc1NCCO. The van der Waals surface area contributed by atoms with Gasteiger partial charge in [-0.15, -0.1) is 0 Å². The summed E-state index contributed by atoms with van der Waals surface area (Å²) in [6.07, 6.45) is 0. The molecule has 1 rings (SSSR count). The topological polar surface area (TPSA) is 111 Å². The number of aliphatic hydroxyl groups is 1. The van der Waals surface area contributed by atoms with Crippen LogP contribution in [0.3, 0.4) is 0 Å². The Hall–Kier alpha value is -2.02. The lowest BCUT2D eigenvalue weighted by Gasteiger charge is -2.11. The molecule has 0 atom stereocenters. The zero-order chi connectivity index (χ0) is 12.1. The second-order valence-electron chi connectivity index (χ2n) is 3.02. The molecule has 0 heterocycles. The van der Waals surface area contributed by atoms with E-state index in [0.29, 0.717) is 11.4 Å². The highest BCUT2D eigenvalue weighted by Gasteiger charge is 2.16. The van der Waals surface area contributed by atoms with Gasteiger partial charge in [0.15, 0.2) is 0 Å². The van der Waals surface area contributed by atoms with Gasteiger partial charge >= 0.3 is 0 Å². The molecule has 0 fully saturated rings. The number of anilines is 2. The average molecular weight is 227 g/mol. The van der Waals surface area contributed by atoms with Crippen LogP contribution in [0.1, 0.15) is 0 Å². The van der Waals surface area contributed by atoms with Crippen molar-refractivity contribution in [3.05, 3.63) is 22.2 Å². The molecule has 0 saturated heterocycles. The van der Waals surface area contributed by atoms with Gasteiger partial charge in [-0.25, -0.2) is 0 Å². The highest BCUT2D eigenvalue weighted by molar-refractivity contribution is 5.72. The lowest BCUT2D eigenvalue weighted by atomic mass is 10.2. The van der Waals surface area contributed by atoms with E-state index in [-0.39, 0.29) is 24.5 Å². The summed E-state index contributed by atoms with van der Waals surface area (Å²) in [7, 11) is 1.44. The molecule has 0 radical (unpaired) electrons. The molecule has 0 aliphatic heterocycles. The fourth-order valence-electron chi connectivity index (χ4n) is 1.24. The molecule has 0 saturated carbocycles. The van der Waals surface area contributed by atoms with Crippen LogP contribution in [0.5, 0.6) is 5.75 Å². The molecule has 7 heteroatoms. The van der Waals surface area contributed by atoms with Crippen molar-refractivity contribution in [3.63, 3.8) is 0 Å². The Kier molecular flexibility index (Phi) is 3.90. The maximum Gasteiger partial charge on any atom is 0.294 e. The molecule has 1 aromatic carbocycles. The molecule has 4 N–H and O–H groups in total. The van der Waals surface area contributed by atoms with Gasteiger partial charge < -0.3 is 20.9 Å². The summed E-state index contributed by atoms with van der Waals surface area (Å²) in [5.74, 6) is 0.400. The summed E-state index contributed by atoms with van der Waals surface area (Å²) in [6.45, 7) is 0.193. The van der Waals surface area contributed by atoms with Gasteiger partial charge in [0.05, 0.1) is 24.3 Å². The monoisotopic (exact) mass is 227 g/mol. The Balaban J connectivity index is 3.12. The minimum absolute atomic E-state index is 0.0383. The van der Waals surface area contributed by atoms with Gasteiger partial charge in [-0.2, -0.15) is 0 Å². The van der Waals surface area contributed by atoms with Crippen molar-refractivity contribution >= 4 is 17.1 Å². The average Bonchev–Trinajstić information content (AvgIpc) is 2.26. The third-order valence-corrected chi connectivity index (χ3v) is 1.97. The van der Waals surface area contributed by atoms with Crippen LogP contribution < -0.4 is 15.8 Å². The number of benzene rings is 1. The number of nitro groups is 1. The largest absolute Gasteiger partial charge is 0.495 e. The van der Waals surface area contributed by atoms with E-state index in [0.717, 1.165) is 0 Å².